The number of rotatable bonds is 5. The summed E-state index contributed by atoms with van der Waals surface area (Å²) in [5.74, 6) is -0.634. The molecule has 0 amide bonds. The van der Waals surface area contributed by atoms with Crippen molar-refractivity contribution < 1.29 is 22.8 Å². The fraction of sp³-hybridized carbons (Fsp3) is 0.692. The largest absolute Gasteiger partial charge is 0.481 e. The van der Waals surface area contributed by atoms with Gasteiger partial charge in [0.2, 0.25) is 10.0 Å². The molecule has 0 bridgehead atoms. The summed E-state index contributed by atoms with van der Waals surface area (Å²) in [6.45, 7) is 3.58. The minimum absolute atomic E-state index is 0.0295. The third-order valence-electron chi connectivity index (χ3n) is 3.80. The number of aromatic nitrogens is 1. The molecule has 1 saturated heterocycles. The number of hydrogen-bond donors (Lipinski definition) is 1. The molecule has 8 heteroatoms. The monoisotopic (exact) mass is 316 g/mol. The van der Waals surface area contributed by atoms with Gasteiger partial charge in [-0.15, -0.1) is 0 Å². The molecule has 1 fully saturated rings. The van der Waals surface area contributed by atoms with Crippen LogP contribution < -0.4 is 0 Å². The molecule has 7 nitrogen and oxygen atoms in total. The van der Waals surface area contributed by atoms with Crippen LogP contribution in [0.5, 0.6) is 0 Å². The lowest BCUT2D eigenvalue weighted by molar-refractivity contribution is -0.137. The molecular weight excluding hydrogens is 296 g/mol. The number of hydrogen-bond acceptors (Lipinski definition) is 5. The summed E-state index contributed by atoms with van der Waals surface area (Å²) in [6, 6.07) is -0.270. The average molecular weight is 316 g/mol. The highest BCUT2D eigenvalue weighted by molar-refractivity contribution is 7.89. The van der Waals surface area contributed by atoms with Gasteiger partial charge >= 0.3 is 5.97 Å². The van der Waals surface area contributed by atoms with Crippen LogP contribution in [0.3, 0.4) is 0 Å². The summed E-state index contributed by atoms with van der Waals surface area (Å²) in [7, 11) is -3.69. The molecule has 118 valence electrons. The van der Waals surface area contributed by atoms with Crippen molar-refractivity contribution >= 4 is 16.0 Å². The van der Waals surface area contributed by atoms with E-state index in [1.165, 1.54) is 4.31 Å². The molecule has 0 aromatic carbocycles. The number of carboxylic acids is 1. The molecule has 1 N–H and O–H groups in total. The molecule has 0 aliphatic carbocycles. The van der Waals surface area contributed by atoms with Crippen LogP contribution in [0.1, 0.15) is 43.6 Å². The number of sulfonamides is 1. The van der Waals surface area contributed by atoms with Crippen molar-refractivity contribution in [1.29, 1.82) is 0 Å². The zero-order valence-electron chi connectivity index (χ0n) is 12.2. The van der Waals surface area contributed by atoms with E-state index >= 15 is 0 Å². The summed E-state index contributed by atoms with van der Waals surface area (Å²) in [4.78, 5) is 10.9. The third kappa shape index (κ3) is 3.26. The van der Waals surface area contributed by atoms with E-state index in [0.717, 1.165) is 12.8 Å². The van der Waals surface area contributed by atoms with Gasteiger partial charge in [-0.1, -0.05) is 11.6 Å². The van der Waals surface area contributed by atoms with Gasteiger partial charge in [0.25, 0.3) is 0 Å². The summed E-state index contributed by atoms with van der Waals surface area (Å²) < 4.78 is 32.0. The SMILES string of the molecule is Cc1noc(C)c1S(=O)(=O)N1CCCCC1CCC(=O)O. The second kappa shape index (κ2) is 6.15. The van der Waals surface area contributed by atoms with Crippen molar-refractivity contribution in [3.8, 4) is 0 Å². The molecule has 1 aromatic rings. The van der Waals surface area contributed by atoms with E-state index in [2.05, 4.69) is 5.16 Å². The van der Waals surface area contributed by atoms with Crippen molar-refractivity contribution in [3.05, 3.63) is 11.5 Å². The molecule has 1 aliphatic rings. The van der Waals surface area contributed by atoms with E-state index in [0.29, 0.717) is 25.1 Å². The van der Waals surface area contributed by atoms with Crippen LogP contribution in [0.2, 0.25) is 0 Å². The number of piperidine rings is 1. The Balaban J connectivity index is 2.30. The normalized spacial score (nSPS) is 20.6. The standard InChI is InChI=1S/C13H20N2O5S/c1-9-13(10(2)20-14-9)21(18,19)15-8-4-3-5-11(15)6-7-12(16)17/h11H,3-8H2,1-2H3,(H,16,17). The molecule has 21 heavy (non-hydrogen) atoms. The van der Waals surface area contributed by atoms with Crippen molar-refractivity contribution in [3.63, 3.8) is 0 Å². The highest BCUT2D eigenvalue weighted by atomic mass is 32.2. The molecule has 1 unspecified atom stereocenters. The number of aryl methyl sites for hydroxylation is 2. The van der Waals surface area contributed by atoms with Crippen LogP contribution in [0.4, 0.5) is 0 Å². The first-order chi connectivity index (χ1) is 9.84. The smallest absolute Gasteiger partial charge is 0.303 e. The maximum Gasteiger partial charge on any atom is 0.303 e. The van der Waals surface area contributed by atoms with Gasteiger partial charge in [-0.2, -0.15) is 4.31 Å². The maximum atomic E-state index is 12.8. The summed E-state index contributed by atoms with van der Waals surface area (Å²) in [5, 5.41) is 12.5. The van der Waals surface area contributed by atoms with Gasteiger partial charge in [0.1, 0.15) is 10.6 Å². The quantitative estimate of drug-likeness (QED) is 0.887. The first-order valence-corrected chi connectivity index (χ1v) is 8.44. The topological polar surface area (TPSA) is 101 Å². The molecule has 1 aliphatic heterocycles. The molecule has 0 spiro atoms. The van der Waals surface area contributed by atoms with Crippen LogP contribution >= 0.6 is 0 Å². The van der Waals surface area contributed by atoms with Gasteiger partial charge in [0, 0.05) is 19.0 Å². The summed E-state index contributed by atoms with van der Waals surface area (Å²) in [5.41, 5.74) is 0.343. The Hall–Kier alpha value is -1.41. The van der Waals surface area contributed by atoms with E-state index in [-0.39, 0.29) is 23.1 Å². The van der Waals surface area contributed by atoms with E-state index < -0.39 is 16.0 Å². The van der Waals surface area contributed by atoms with Crippen molar-refractivity contribution in [2.24, 2.45) is 0 Å². The fourth-order valence-corrected chi connectivity index (χ4v) is 4.85. The molecule has 1 atom stereocenters. The molecule has 0 saturated carbocycles. The number of carboxylic acid groups (broad SMARTS) is 1. The molecular formula is C13H20N2O5S. The highest BCUT2D eigenvalue weighted by Crippen LogP contribution is 2.30. The van der Waals surface area contributed by atoms with Crippen LogP contribution in [-0.4, -0.2) is 41.5 Å². The highest BCUT2D eigenvalue weighted by Gasteiger charge is 2.37. The second-order valence-electron chi connectivity index (χ2n) is 5.35. The van der Waals surface area contributed by atoms with E-state index in [1.54, 1.807) is 13.8 Å². The van der Waals surface area contributed by atoms with Crippen LogP contribution in [0.15, 0.2) is 9.42 Å². The van der Waals surface area contributed by atoms with Gasteiger partial charge < -0.3 is 9.63 Å². The minimum Gasteiger partial charge on any atom is -0.481 e. The molecule has 2 rings (SSSR count). The van der Waals surface area contributed by atoms with Gasteiger partial charge in [-0.25, -0.2) is 8.42 Å². The van der Waals surface area contributed by atoms with E-state index in [9.17, 15) is 13.2 Å². The lowest BCUT2D eigenvalue weighted by atomic mass is 10.0. The van der Waals surface area contributed by atoms with Crippen LogP contribution in [0, 0.1) is 13.8 Å². The fourth-order valence-electron chi connectivity index (χ4n) is 2.83. The second-order valence-corrected chi connectivity index (χ2v) is 7.18. The Morgan fingerprint density at radius 1 is 1.43 bits per heavy atom. The Kier molecular flexibility index (Phi) is 4.67. The first-order valence-electron chi connectivity index (χ1n) is 7.00. The third-order valence-corrected chi connectivity index (χ3v) is 6.00. The lowest BCUT2D eigenvalue weighted by Gasteiger charge is -2.34. The number of carbonyl (C=O) groups is 1. The Bertz CT molecular complexity index is 603. The van der Waals surface area contributed by atoms with Gasteiger partial charge in [0.15, 0.2) is 5.76 Å². The zero-order chi connectivity index (χ0) is 15.6. The number of aliphatic carboxylic acids is 1. The lowest BCUT2D eigenvalue weighted by Crippen LogP contribution is -2.44. The average Bonchev–Trinajstić information content (AvgIpc) is 2.76. The van der Waals surface area contributed by atoms with Crippen molar-refractivity contribution in [2.75, 3.05) is 6.54 Å². The number of nitrogens with zero attached hydrogens (tertiary/aromatic N) is 2. The maximum absolute atomic E-state index is 12.8. The molecule has 2 heterocycles. The Morgan fingerprint density at radius 3 is 2.71 bits per heavy atom. The summed E-state index contributed by atoms with van der Waals surface area (Å²) >= 11 is 0. The van der Waals surface area contributed by atoms with Crippen molar-refractivity contribution in [1.82, 2.24) is 9.46 Å². The van der Waals surface area contributed by atoms with Gasteiger partial charge in [-0.3, -0.25) is 4.79 Å². The predicted molar refractivity (Wildman–Crippen MR) is 74.4 cm³/mol. The molecule has 0 radical (unpaired) electrons. The zero-order valence-corrected chi connectivity index (χ0v) is 13.0. The molecule has 1 aromatic heterocycles. The van der Waals surface area contributed by atoms with E-state index in [1.807, 2.05) is 0 Å². The van der Waals surface area contributed by atoms with Crippen LogP contribution in [-0.2, 0) is 14.8 Å². The Morgan fingerprint density at radius 2 is 2.14 bits per heavy atom. The first kappa shape index (κ1) is 16.0. The predicted octanol–water partition coefficient (Wildman–Crippen LogP) is 1.70. The van der Waals surface area contributed by atoms with Crippen molar-refractivity contribution in [2.45, 2.75) is 56.9 Å². The Labute approximate surface area is 124 Å². The van der Waals surface area contributed by atoms with Crippen LogP contribution in [0.25, 0.3) is 0 Å². The van der Waals surface area contributed by atoms with Gasteiger partial charge in [0.05, 0.1) is 0 Å². The minimum atomic E-state index is -3.69. The van der Waals surface area contributed by atoms with Gasteiger partial charge in [-0.05, 0) is 33.1 Å². The van der Waals surface area contributed by atoms with E-state index in [4.69, 9.17) is 9.63 Å². The summed E-state index contributed by atoms with van der Waals surface area (Å²) in [6.07, 6.45) is 2.69.